The van der Waals surface area contributed by atoms with Gasteiger partial charge in [-0.1, -0.05) is 5.16 Å². The summed E-state index contributed by atoms with van der Waals surface area (Å²) in [4.78, 5) is 17.8. The third-order valence-corrected chi connectivity index (χ3v) is 2.39. The number of carbonyl (C=O) groups excluding carboxylic acids is 1. The van der Waals surface area contributed by atoms with Gasteiger partial charge in [-0.2, -0.15) is 0 Å². The maximum Gasteiger partial charge on any atom is 0.235 e. The molecule has 0 aromatic heterocycles. The highest BCUT2D eigenvalue weighted by Gasteiger charge is 2.33. The van der Waals surface area contributed by atoms with Crippen molar-refractivity contribution in [2.45, 2.75) is 12.5 Å². The van der Waals surface area contributed by atoms with Gasteiger partial charge in [-0.15, -0.1) is 0 Å². The number of primary amides is 1. The van der Waals surface area contributed by atoms with Gasteiger partial charge in [-0.05, 0) is 0 Å². The Bertz CT molecular complexity index is 255. The van der Waals surface area contributed by atoms with Crippen LogP contribution in [-0.4, -0.2) is 56.5 Å². The zero-order valence-electron chi connectivity index (χ0n) is 9.10. The molecule has 2 N–H and O–H groups in total. The van der Waals surface area contributed by atoms with Crippen molar-refractivity contribution >= 4 is 11.6 Å². The molecule has 0 bridgehead atoms. The Labute approximate surface area is 89.0 Å². The molecule has 15 heavy (non-hydrogen) atoms. The molecule has 0 saturated carbocycles. The Morgan fingerprint density at radius 1 is 1.67 bits per heavy atom. The van der Waals surface area contributed by atoms with Crippen molar-refractivity contribution in [2.24, 2.45) is 10.9 Å². The molecule has 1 fully saturated rings. The molecule has 0 aromatic carbocycles. The summed E-state index contributed by atoms with van der Waals surface area (Å²) in [5, 5.41) is 3.84. The normalized spacial score (nSPS) is 24.7. The first-order valence-corrected chi connectivity index (χ1v) is 4.80. The van der Waals surface area contributed by atoms with Crippen LogP contribution in [0.3, 0.4) is 0 Å². The van der Waals surface area contributed by atoms with Crippen LogP contribution in [0.1, 0.15) is 6.42 Å². The van der Waals surface area contributed by atoms with Crippen LogP contribution >= 0.6 is 0 Å². The summed E-state index contributed by atoms with van der Waals surface area (Å²) < 4.78 is 4.96. The molecule has 1 heterocycles. The fraction of sp³-hybridized carbons (Fsp3) is 0.778. The smallest absolute Gasteiger partial charge is 0.235 e. The first kappa shape index (κ1) is 11.9. The van der Waals surface area contributed by atoms with Crippen molar-refractivity contribution in [1.29, 1.82) is 0 Å². The van der Waals surface area contributed by atoms with Crippen LogP contribution in [0.15, 0.2) is 5.16 Å². The number of hydrogen-bond donors (Lipinski definition) is 1. The van der Waals surface area contributed by atoms with Crippen LogP contribution in [0.4, 0.5) is 0 Å². The zero-order valence-corrected chi connectivity index (χ0v) is 9.10. The number of hydrogen-bond acceptors (Lipinski definition) is 5. The molecule has 6 nitrogen and oxygen atoms in total. The summed E-state index contributed by atoms with van der Waals surface area (Å²) in [5.74, 6) is -0.326. The lowest BCUT2D eigenvalue weighted by atomic mass is 10.2. The van der Waals surface area contributed by atoms with Gasteiger partial charge < -0.3 is 15.3 Å². The van der Waals surface area contributed by atoms with Crippen molar-refractivity contribution in [1.82, 2.24) is 4.90 Å². The van der Waals surface area contributed by atoms with E-state index in [9.17, 15) is 4.79 Å². The second-order valence-corrected chi connectivity index (χ2v) is 3.43. The molecule has 1 aliphatic rings. The number of likely N-dealkylation sites (tertiary alicyclic amines) is 1. The molecule has 1 aliphatic heterocycles. The lowest BCUT2D eigenvalue weighted by Gasteiger charge is -2.19. The first-order valence-electron chi connectivity index (χ1n) is 4.80. The molecule has 86 valence electrons. The molecule has 6 heteroatoms. The third kappa shape index (κ3) is 3.17. The molecule has 0 radical (unpaired) electrons. The lowest BCUT2D eigenvalue weighted by Crippen LogP contribution is -2.41. The fourth-order valence-corrected chi connectivity index (χ4v) is 1.68. The Balaban J connectivity index is 2.59. The van der Waals surface area contributed by atoms with E-state index in [-0.39, 0.29) is 11.9 Å². The maximum absolute atomic E-state index is 11.2. The summed E-state index contributed by atoms with van der Waals surface area (Å²) in [6, 6.07) is -0.283. The third-order valence-electron chi connectivity index (χ3n) is 2.39. The molecule has 1 rings (SSSR count). The van der Waals surface area contributed by atoms with Crippen molar-refractivity contribution in [3.05, 3.63) is 0 Å². The average molecular weight is 215 g/mol. The van der Waals surface area contributed by atoms with Crippen LogP contribution in [0.2, 0.25) is 0 Å². The van der Waals surface area contributed by atoms with Gasteiger partial charge in [0.15, 0.2) is 0 Å². The number of nitrogens with zero attached hydrogens (tertiary/aromatic N) is 2. The van der Waals surface area contributed by atoms with Crippen LogP contribution in [0.25, 0.3) is 0 Å². The number of nitrogens with two attached hydrogens (primary N) is 1. The molecular formula is C9H17N3O3. The highest BCUT2D eigenvalue weighted by atomic mass is 16.6. The van der Waals surface area contributed by atoms with E-state index >= 15 is 0 Å². The highest BCUT2D eigenvalue weighted by molar-refractivity contribution is 5.95. The summed E-state index contributed by atoms with van der Waals surface area (Å²) in [6.07, 6.45) is 0.548. The molecular weight excluding hydrogens is 198 g/mol. The predicted molar refractivity (Wildman–Crippen MR) is 55.5 cm³/mol. The minimum atomic E-state index is -0.326. The quantitative estimate of drug-likeness (QED) is 0.609. The molecule has 0 aromatic rings. The second-order valence-electron chi connectivity index (χ2n) is 3.43. The van der Waals surface area contributed by atoms with Crippen LogP contribution in [-0.2, 0) is 14.4 Å². The highest BCUT2D eigenvalue weighted by Crippen LogP contribution is 2.14. The molecule has 1 amide bonds. The van der Waals surface area contributed by atoms with Crippen molar-refractivity contribution in [3.8, 4) is 0 Å². The van der Waals surface area contributed by atoms with Crippen molar-refractivity contribution < 1.29 is 14.4 Å². The van der Waals surface area contributed by atoms with Gasteiger partial charge in [0.2, 0.25) is 5.91 Å². The van der Waals surface area contributed by atoms with Crippen LogP contribution in [0, 0.1) is 0 Å². The SMILES string of the molecule is COCCN1C/C(=N\OC)C[C@H]1C(N)=O. The summed E-state index contributed by atoms with van der Waals surface area (Å²) in [6.45, 7) is 1.86. The van der Waals surface area contributed by atoms with E-state index in [4.69, 9.17) is 10.5 Å². The number of oxime groups is 1. The Morgan fingerprint density at radius 2 is 2.40 bits per heavy atom. The van der Waals surface area contributed by atoms with Gasteiger partial charge in [-0.25, -0.2) is 0 Å². The Hall–Kier alpha value is -1.14. The second kappa shape index (κ2) is 5.67. The minimum Gasteiger partial charge on any atom is -0.399 e. The van der Waals surface area contributed by atoms with Gasteiger partial charge in [0.05, 0.1) is 18.4 Å². The van der Waals surface area contributed by atoms with Gasteiger partial charge in [0, 0.05) is 26.6 Å². The van der Waals surface area contributed by atoms with E-state index < -0.39 is 0 Å². The number of carbonyl (C=O) groups is 1. The number of amides is 1. The molecule has 0 spiro atoms. The average Bonchev–Trinajstić information content (AvgIpc) is 2.59. The van der Waals surface area contributed by atoms with E-state index in [0.717, 1.165) is 5.71 Å². The van der Waals surface area contributed by atoms with Crippen molar-refractivity contribution in [3.63, 3.8) is 0 Å². The first-order chi connectivity index (χ1) is 7.19. The van der Waals surface area contributed by atoms with Crippen molar-refractivity contribution in [2.75, 3.05) is 33.9 Å². The summed E-state index contributed by atoms with van der Waals surface area (Å²) >= 11 is 0. The van der Waals surface area contributed by atoms with Gasteiger partial charge >= 0.3 is 0 Å². The Morgan fingerprint density at radius 3 is 2.93 bits per heavy atom. The molecule has 1 atom stereocenters. The van der Waals surface area contributed by atoms with Crippen LogP contribution < -0.4 is 5.73 Å². The standard InChI is InChI=1S/C9H17N3O3/c1-14-4-3-12-6-7(11-15-2)5-8(12)9(10)13/h8H,3-6H2,1-2H3,(H2,10,13)/b11-7-/t8-/m0/s1. The van der Waals surface area contributed by atoms with Crippen LogP contribution in [0.5, 0.6) is 0 Å². The van der Waals surface area contributed by atoms with E-state index in [1.807, 2.05) is 4.90 Å². The fourth-order valence-electron chi connectivity index (χ4n) is 1.68. The molecule has 0 unspecified atom stereocenters. The van der Waals surface area contributed by atoms with E-state index in [1.54, 1.807) is 7.11 Å². The maximum atomic E-state index is 11.2. The van der Waals surface area contributed by atoms with E-state index in [2.05, 4.69) is 9.99 Å². The minimum absolute atomic E-state index is 0.283. The van der Waals surface area contributed by atoms with Gasteiger partial charge in [-0.3, -0.25) is 9.69 Å². The number of rotatable bonds is 5. The monoisotopic (exact) mass is 215 g/mol. The predicted octanol–water partition coefficient (Wildman–Crippen LogP) is -0.805. The summed E-state index contributed by atoms with van der Waals surface area (Å²) in [7, 11) is 3.11. The van der Waals surface area contributed by atoms with Gasteiger partial charge in [0.1, 0.15) is 7.11 Å². The summed E-state index contributed by atoms with van der Waals surface area (Å²) in [5.41, 5.74) is 6.15. The molecule has 0 aliphatic carbocycles. The number of methoxy groups -OCH3 is 1. The Kier molecular flexibility index (Phi) is 4.51. The van der Waals surface area contributed by atoms with Gasteiger partial charge in [0.25, 0.3) is 0 Å². The molecule has 1 saturated heterocycles. The largest absolute Gasteiger partial charge is 0.399 e. The topological polar surface area (TPSA) is 77.2 Å². The zero-order chi connectivity index (χ0) is 11.3. The van der Waals surface area contributed by atoms with E-state index in [1.165, 1.54) is 7.11 Å². The number of ether oxygens (including phenoxy) is 1. The lowest BCUT2D eigenvalue weighted by molar-refractivity contribution is -0.122. The van der Waals surface area contributed by atoms with E-state index in [0.29, 0.717) is 26.1 Å².